The van der Waals surface area contributed by atoms with Gasteiger partial charge in [0.25, 0.3) is 0 Å². The van der Waals surface area contributed by atoms with Crippen LogP contribution in [0.4, 0.5) is 32.0 Å². The summed E-state index contributed by atoms with van der Waals surface area (Å²) in [7, 11) is -2.35. The van der Waals surface area contributed by atoms with Gasteiger partial charge in [0.05, 0.1) is 26.5 Å². The third-order valence-electron chi connectivity index (χ3n) is 4.67. The van der Waals surface area contributed by atoms with Gasteiger partial charge in [-0.1, -0.05) is 12.1 Å². The number of ether oxygens (including phenoxy) is 2. The Morgan fingerprint density at radius 2 is 1.36 bits per heavy atom. The molecule has 0 fully saturated rings. The second-order valence-corrected chi connectivity index (χ2v) is 8.53. The molecule has 5 nitrogen and oxygen atoms in total. The van der Waals surface area contributed by atoms with Crippen molar-refractivity contribution < 1.29 is 40.0 Å². The first-order chi connectivity index (χ1) is 15.5. The van der Waals surface area contributed by atoms with Crippen molar-refractivity contribution in [3.8, 4) is 11.5 Å². The Morgan fingerprint density at radius 1 is 0.818 bits per heavy atom. The summed E-state index contributed by atoms with van der Waals surface area (Å²) >= 11 is 0. The van der Waals surface area contributed by atoms with E-state index in [0.29, 0.717) is 15.6 Å². The van der Waals surface area contributed by atoms with E-state index in [-0.39, 0.29) is 11.4 Å². The summed E-state index contributed by atoms with van der Waals surface area (Å²) in [5.41, 5.74) is -0.0102. The molecular formula is C21H16F6N2O3S. The highest BCUT2D eigenvalue weighted by atomic mass is 32.2. The Balaban J connectivity index is 2.23. The van der Waals surface area contributed by atoms with Crippen molar-refractivity contribution in [2.45, 2.75) is 11.4 Å². The lowest BCUT2D eigenvalue weighted by Gasteiger charge is -2.28. The Kier molecular flexibility index (Phi) is 6.77. The second-order valence-electron chi connectivity index (χ2n) is 6.63. The SMILES string of the molecule is COc1ccc(CN(c2ccc(OC)c(F)c2)S(=N)(=O)c2c(F)c(F)c(F)c(F)c2F)cc1. The van der Waals surface area contributed by atoms with Crippen LogP contribution >= 0.6 is 0 Å². The monoisotopic (exact) mass is 490 g/mol. The normalized spacial score (nSPS) is 12.8. The second kappa shape index (κ2) is 9.22. The average Bonchev–Trinajstić information content (AvgIpc) is 2.80. The highest BCUT2D eigenvalue weighted by Crippen LogP contribution is 2.34. The van der Waals surface area contributed by atoms with Crippen LogP contribution in [0.25, 0.3) is 0 Å². The van der Waals surface area contributed by atoms with Crippen LogP contribution in [0.1, 0.15) is 5.56 Å². The van der Waals surface area contributed by atoms with Crippen LogP contribution < -0.4 is 13.8 Å². The minimum absolute atomic E-state index is 0.226. The van der Waals surface area contributed by atoms with Gasteiger partial charge in [-0.15, -0.1) is 0 Å². The molecule has 0 spiro atoms. The van der Waals surface area contributed by atoms with Gasteiger partial charge in [0.1, 0.15) is 10.6 Å². The fraction of sp³-hybridized carbons (Fsp3) is 0.143. The van der Waals surface area contributed by atoms with E-state index in [0.717, 1.165) is 18.2 Å². The van der Waals surface area contributed by atoms with Crippen LogP contribution in [0.3, 0.4) is 0 Å². The van der Waals surface area contributed by atoms with Crippen LogP contribution in [0.5, 0.6) is 11.5 Å². The van der Waals surface area contributed by atoms with Crippen molar-refractivity contribution in [1.29, 1.82) is 4.78 Å². The minimum Gasteiger partial charge on any atom is -0.497 e. The van der Waals surface area contributed by atoms with Crippen LogP contribution in [0.15, 0.2) is 47.4 Å². The summed E-state index contributed by atoms with van der Waals surface area (Å²) in [6, 6.07) is 8.89. The van der Waals surface area contributed by atoms with Gasteiger partial charge >= 0.3 is 0 Å². The number of hydrogen-bond donors (Lipinski definition) is 1. The summed E-state index contributed by atoms with van der Waals surface area (Å²) in [5, 5.41) is 0. The van der Waals surface area contributed by atoms with Gasteiger partial charge in [0.2, 0.25) is 5.82 Å². The van der Waals surface area contributed by atoms with E-state index in [1.54, 1.807) is 0 Å². The third-order valence-corrected chi connectivity index (χ3v) is 6.54. The molecule has 0 bridgehead atoms. The smallest absolute Gasteiger partial charge is 0.200 e. The van der Waals surface area contributed by atoms with E-state index >= 15 is 0 Å². The van der Waals surface area contributed by atoms with Crippen molar-refractivity contribution in [1.82, 2.24) is 0 Å². The molecule has 0 aliphatic rings. The molecule has 0 saturated carbocycles. The van der Waals surface area contributed by atoms with E-state index in [2.05, 4.69) is 0 Å². The first-order valence-corrected chi connectivity index (χ1v) is 10.6. The number of halogens is 6. The van der Waals surface area contributed by atoms with Gasteiger partial charge in [-0.3, -0.25) is 4.31 Å². The zero-order valence-electron chi connectivity index (χ0n) is 17.1. The van der Waals surface area contributed by atoms with Gasteiger partial charge in [-0.05, 0) is 29.8 Å². The van der Waals surface area contributed by atoms with Gasteiger partial charge < -0.3 is 9.47 Å². The maximum atomic E-state index is 14.5. The molecule has 12 heteroatoms. The van der Waals surface area contributed by atoms with E-state index in [4.69, 9.17) is 14.3 Å². The Hall–Kier alpha value is -3.41. The third kappa shape index (κ3) is 4.42. The molecule has 0 saturated heterocycles. The first-order valence-electron chi connectivity index (χ1n) is 9.07. The van der Waals surface area contributed by atoms with Crippen molar-refractivity contribution in [2.24, 2.45) is 0 Å². The van der Waals surface area contributed by atoms with Gasteiger partial charge in [-0.2, -0.15) is 0 Å². The summed E-state index contributed by atoms with van der Waals surface area (Å²) in [4.78, 5) is -1.84. The molecule has 3 rings (SSSR count). The topological polar surface area (TPSA) is 62.6 Å². The molecule has 0 aliphatic heterocycles. The lowest BCUT2D eigenvalue weighted by atomic mass is 10.2. The number of benzene rings is 3. The summed E-state index contributed by atoms with van der Waals surface area (Å²) in [6.07, 6.45) is 0. The number of rotatable bonds is 7. The number of nitrogens with one attached hydrogen (secondary N) is 1. The van der Waals surface area contributed by atoms with Crippen molar-refractivity contribution in [3.05, 3.63) is 82.9 Å². The molecule has 0 aromatic heterocycles. The van der Waals surface area contributed by atoms with Crippen LogP contribution in [0.2, 0.25) is 0 Å². The van der Waals surface area contributed by atoms with Crippen molar-refractivity contribution in [2.75, 3.05) is 18.5 Å². The molecule has 1 N–H and O–H groups in total. The van der Waals surface area contributed by atoms with E-state index in [1.165, 1.54) is 38.5 Å². The molecule has 0 heterocycles. The van der Waals surface area contributed by atoms with Crippen molar-refractivity contribution in [3.63, 3.8) is 0 Å². The van der Waals surface area contributed by atoms with Gasteiger partial charge in [0, 0.05) is 6.07 Å². The average molecular weight is 490 g/mol. The molecule has 1 atom stereocenters. The number of hydrogen-bond acceptors (Lipinski definition) is 4. The molecule has 0 amide bonds. The highest BCUT2D eigenvalue weighted by Gasteiger charge is 2.35. The summed E-state index contributed by atoms with van der Waals surface area (Å²) in [5.74, 6) is -12.8. The maximum absolute atomic E-state index is 14.5. The van der Waals surface area contributed by atoms with E-state index in [1.807, 2.05) is 0 Å². The Bertz CT molecular complexity index is 1270. The lowest BCUT2D eigenvalue weighted by Crippen LogP contribution is -2.32. The van der Waals surface area contributed by atoms with Gasteiger partial charge in [-0.25, -0.2) is 35.3 Å². The number of nitrogens with zero attached hydrogens (tertiary/aromatic N) is 1. The van der Waals surface area contributed by atoms with Crippen LogP contribution in [-0.4, -0.2) is 18.4 Å². The molecule has 3 aromatic carbocycles. The van der Waals surface area contributed by atoms with Crippen LogP contribution in [-0.2, 0) is 16.5 Å². The fourth-order valence-corrected chi connectivity index (χ4v) is 4.60. The largest absolute Gasteiger partial charge is 0.497 e. The van der Waals surface area contributed by atoms with E-state index in [9.17, 15) is 30.6 Å². The van der Waals surface area contributed by atoms with Gasteiger partial charge in [0.15, 0.2) is 44.8 Å². The molecule has 176 valence electrons. The zero-order valence-corrected chi connectivity index (χ0v) is 17.9. The maximum Gasteiger partial charge on any atom is 0.200 e. The Labute approximate surface area is 185 Å². The predicted molar refractivity (Wildman–Crippen MR) is 107 cm³/mol. The minimum atomic E-state index is -4.93. The number of methoxy groups -OCH3 is 2. The molecule has 0 radical (unpaired) electrons. The van der Waals surface area contributed by atoms with E-state index < -0.39 is 56.3 Å². The molecule has 1 unspecified atom stereocenters. The summed E-state index contributed by atoms with van der Waals surface area (Å²) < 4.78 is 116. The first kappa shape index (κ1) is 24.2. The predicted octanol–water partition coefficient (Wildman–Crippen LogP) is 5.57. The van der Waals surface area contributed by atoms with Crippen LogP contribution in [0, 0.1) is 39.7 Å². The lowest BCUT2D eigenvalue weighted by molar-refractivity contribution is 0.359. The molecule has 0 aliphatic carbocycles. The zero-order chi connectivity index (χ0) is 24.5. The fourth-order valence-electron chi connectivity index (χ4n) is 2.98. The molecule has 33 heavy (non-hydrogen) atoms. The summed E-state index contributed by atoms with van der Waals surface area (Å²) in [6.45, 7) is -0.516. The standard InChI is InChI=1S/C21H16F6N2O3S/c1-31-13-6-3-11(4-7-13)10-29(12-5-8-15(32-2)14(22)9-12)33(28,30)21-19(26)17(24)16(23)18(25)20(21)27/h3-9,28H,10H2,1-2H3. The highest BCUT2D eigenvalue weighted by molar-refractivity contribution is 7.93. The molecule has 3 aromatic rings. The van der Waals surface area contributed by atoms with Crippen molar-refractivity contribution >= 4 is 15.6 Å². The molecular weight excluding hydrogens is 474 g/mol. The Morgan fingerprint density at radius 3 is 1.85 bits per heavy atom. The quantitative estimate of drug-likeness (QED) is 0.268. The number of anilines is 1.